The van der Waals surface area contributed by atoms with E-state index in [1.54, 1.807) is 13.1 Å². The van der Waals surface area contributed by atoms with Gasteiger partial charge in [0, 0.05) is 19.0 Å². The molecule has 0 radical (unpaired) electrons. The maximum atomic E-state index is 11.9. The molecule has 106 valence electrons. The number of imidazole rings is 1. The van der Waals surface area contributed by atoms with Crippen LogP contribution in [0.4, 0.5) is 0 Å². The van der Waals surface area contributed by atoms with Gasteiger partial charge in [-0.1, -0.05) is 20.3 Å². The highest BCUT2D eigenvalue weighted by atomic mass is 16.5. The summed E-state index contributed by atoms with van der Waals surface area (Å²) in [4.78, 5) is 30.2. The summed E-state index contributed by atoms with van der Waals surface area (Å²) in [6.45, 7) is 4.14. The number of amides is 1. The Bertz CT molecular complexity index is 390. The second-order valence-corrected chi connectivity index (χ2v) is 4.26. The highest BCUT2D eigenvalue weighted by Crippen LogP contribution is 2.02. The minimum atomic E-state index is -0.674. The van der Waals surface area contributed by atoms with Crippen molar-refractivity contribution < 1.29 is 14.3 Å². The lowest BCUT2D eigenvalue weighted by Gasteiger charge is -2.16. The Kier molecular flexibility index (Phi) is 6.63. The molecule has 0 spiro atoms. The largest absolute Gasteiger partial charge is 0.464 e. The van der Waals surface area contributed by atoms with Gasteiger partial charge in [0.1, 0.15) is 6.04 Å². The van der Waals surface area contributed by atoms with Crippen LogP contribution >= 0.6 is 0 Å². The van der Waals surface area contributed by atoms with Crippen molar-refractivity contribution in [3.63, 3.8) is 0 Å². The second-order valence-electron chi connectivity index (χ2n) is 4.26. The smallest absolute Gasteiger partial charge is 0.329 e. The Morgan fingerprint density at radius 2 is 2.26 bits per heavy atom. The highest BCUT2D eigenvalue weighted by Gasteiger charge is 2.22. The van der Waals surface area contributed by atoms with Crippen molar-refractivity contribution in [2.75, 3.05) is 6.61 Å². The zero-order valence-electron chi connectivity index (χ0n) is 11.4. The lowest BCUT2D eigenvalue weighted by atomic mass is 10.1. The fraction of sp³-hybridized carbons (Fsp3) is 0.615. The molecule has 0 bridgehead atoms. The maximum Gasteiger partial charge on any atom is 0.329 e. The van der Waals surface area contributed by atoms with Crippen LogP contribution in [-0.2, 0) is 20.7 Å². The number of unbranched alkanes of at least 4 members (excludes halogenated alkanes) is 1. The molecule has 1 rings (SSSR count). The third-order valence-electron chi connectivity index (χ3n) is 2.65. The first-order chi connectivity index (χ1) is 9.17. The average Bonchev–Trinajstić information content (AvgIpc) is 2.90. The molecule has 0 aliphatic rings. The standard InChI is InChI=1S/C13H21N3O3/c1-3-5-6-19-13(18)11(16-12(17)4-2)7-10-8-14-9-15-10/h8-9,11H,3-7H2,1-2H3,(H,14,15)(H,16,17)/t11-/m0/s1. The number of carbonyl (C=O) groups is 2. The average molecular weight is 267 g/mol. The number of hydrogen-bond acceptors (Lipinski definition) is 4. The summed E-state index contributed by atoms with van der Waals surface area (Å²) in [5.74, 6) is -0.578. The first kappa shape index (κ1) is 15.2. The van der Waals surface area contributed by atoms with Crippen molar-refractivity contribution in [3.8, 4) is 0 Å². The van der Waals surface area contributed by atoms with Crippen LogP contribution in [0.25, 0.3) is 0 Å². The Balaban J connectivity index is 2.57. The van der Waals surface area contributed by atoms with Crippen LogP contribution in [0.5, 0.6) is 0 Å². The number of ether oxygens (including phenoxy) is 1. The van der Waals surface area contributed by atoms with Crippen LogP contribution in [0, 0.1) is 0 Å². The molecule has 0 aromatic carbocycles. The quantitative estimate of drug-likeness (QED) is 0.547. The van der Waals surface area contributed by atoms with Crippen molar-refractivity contribution in [3.05, 3.63) is 18.2 Å². The Hall–Kier alpha value is -1.85. The van der Waals surface area contributed by atoms with E-state index in [0.717, 1.165) is 12.8 Å². The van der Waals surface area contributed by atoms with Crippen LogP contribution in [0.1, 0.15) is 38.8 Å². The molecule has 2 N–H and O–H groups in total. The summed E-state index contributed by atoms with van der Waals surface area (Å²) in [6.07, 6.45) is 5.68. The number of carbonyl (C=O) groups excluding carboxylic acids is 2. The van der Waals surface area contributed by atoms with Crippen molar-refractivity contribution in [1.82, 2.24) is 15.3 Å². The summed E-state index contributed by atoms with van der Waals surface area (Å²) < 4.78 is 5.15. The molecule has 1 aromatic rings. The summed E-state index contributed by atoms with van der Waals surface area (Å²) >= 11 is 0. The van der Waals surface area contributed by atoms with E-state index >= 15 is 0 Å². The van der Waals surface area contributed by atoms with E-state index in [9.17, 15) is 9.59 Å². The Morgan fingerprint density at radius 3 is 2.84 bits per heavy atom. The zero-order chi connectivity index (χ0) is 14.1. The van der Waals surface area contributed by atoms with Crippen molar-refractivity contribution >= 4 is 11.9 Å². The number of hydrogen-bond donors (Lipinski definition) is 2. The van der Waals surface area contributed by atoms with Gasteiger partial charge in [0.2, 0.25) is 5.91 Å². The molecule has 1 aromatic heterocycles. The van der Waals surface area contributed by atoms with E-state index in [4.69, 9.17) is 4.74 Å². The van der Waals surface area contributed by atoms with Crippen molar-refractivity contribution in [1.29, 1.82) is 0 Å². The molecule has 0 saturated carbocycles. The van der Waals surface area contributed by atoms with Gasteiger partial charge < -0.3 is 15.0 Å². The van der Waals surface area contributed by atoms with Gasteiger partial charge in [-0.05, 0) is 6.42 Å². The molecule has 1 amide bonds. The molecule has 6 nitrogen and oxygen atoms in total. The van der Waals surface area contributed by atoms with Crippen LogP contribution in [0.2, 0.25) is 0 Å². The molecule has 0 aliphatic heterocycles. The first-order valence-corrected chi connectivity index (χ1v) is 6.61. The molecular formula is C13H21N3O3. The summed E-state index contributed by atoms with van der Waals surface area (Å²) in [5, 5.41) is 2.66. The fourth-order valence-electron chi connectivity index (χ4n) is 1.52. The van der Waals surface area contributed by atoms with Crippen molar-refractivity contribution in [2.45, 2.75) is 45.6 Å². The van der Waals surface area contributed by atoms with Gasteiger partial charge in [-0.3, -0.25) is 4.79 Å². The third kappa shape index (κ3) is 5.54. The topological polar surface area (TPSA) is 84.1 Å². The van der Waals surface area contributed by atoms with E-state index in [-0.39, 0.29) is 5.91 Å². The lowest BCUT2D eigenvalue weighted by Crippen LogP contribution is -2.43. The van der Waals surface area contributed by atoms with Crippen LogP contribution in [-0.4, -0.2) is 34.5 Å². The summed E-state index contributed by atoms with van der Waals surface area (Å²) in [7, 11) is 0. The number of esters is 1. The number of nitrogens with one attached hydrogen (secondary N) is 2. The Morgan fingerprint density at radius 1 is 1.47 bits per heavy atom. The molecule has 0 fully saturated rings. The van der Waals surface area contributed by atoms with Gasteiger partial charge in [0.05, 0.1) is 18.6 Å². The molecule has 1 atom stereocenters. The molecule has 6 heteroatoms. The number of rotatable bonds is 8. The van der Waals surface area contributed by atoms with E-state index in [0.29, 0.717) is 25.1 Å². The lowest BCUT2D eigenvalue weighted by molar-refractivity contribution is -0.148. The number of H-pyrrole nitrogens is 1. The number of nitrogens with zero attached hydrogens (tertiary/aromatic N) is 1. The normalized spacial score (nSPS) is 11.9. The molecule has 0 aliphatic carbocycles. The van der Waals surface area contributed by atoms with Crippen LogP contribution in [0.15, 0.2) is 12.5 Å². The zero-order valence-corrected chi connectivity index (χ0v) is 11.4. The van der Waals surface area contributed by atoms with E-state index < -0.39 is 12.0 Å². The minimum Gasteiger partial charge on any atom is -0.464 e. The molecule has 1 heterocycles. The van der Waals surface area contributed by atoms with Crippen LogP contribution in [0.3, 0.4) is 0 Å². The van der Waals surface area contributed by atoms with Crippen LogP contribution < -0.4 is 5.32 Å². The van der Waals surface area contributed by atoms with Crippen molar-refractivity contribution in [2.24, 2.45) is 0 Å². The predicted octanol–water partition coefficient (Wildman–Crippen LogP) is 1.19. The van der Waals surface area contributed by atoms with Gasteiger partial charge in [0.15, 0.2) is 0 Å². The van der Waals surface area contributed by atoms with E-state index in [1.165, 1.54) is 6.33 Å². The summed E-state index contributed by atoms with van der Waals surface area (Å²) in [6, 6.07) is -0.674. The first-order valence-electron chi connectivity index (χ1n) is 6.61. The van der Waals surface area contributed by atoms with Gasteiger partial charge in [-0.2, -0.15) is 0 Å². The van der Waals surface area contributed by atoms with E-state index in [1.807, 2.05) is 6.92 Å². The monoisotopic (exact) mass is 267 g/mol. The maximum absolute atomic E-state index is 11.9. The van der Waals surface area contributed by atoms with Gasteiger partial charge in [-0.15, -0.1) is 0 Å². The number of aromatic amines is 1. The summed E-state index contributed by atoms with van der Waals surface area (Å²) in [5.41, 5.74) is 0.717. The molecule has 0 saturated heterocycles. The molecule has 19 heavy (non-hydrogen) atoms. The third-order valence-corrected chi connectivity index (χ3v) is 2.65. The molecular weight excluding hydrogens is 246 g/mol. The SMILES string of the molecule is CCCCOC(=O)[C@H](Cc1c[nH]cn1)NC(=O)CC. The van der Waals surface area contributed by atoms with Gasteiger partial charge in [-0.25, -0.2) is 9.78 Å². The predicted molar refractivity (Wildman–Crippen MR) is 70.4 cm³/mol. The highest BCUT2D eigenvalue weighted by molar-refractivity contribution is 5.84. The number of aromatic nitrogens is 2. The van der Waals surface area contributed by atoms with E-state index in [2.05, 4.69) is 15.3 Å². The second kappa shape index (κ2) is 8.29. The fourth-order valence-corrected chi connectivity index (χ4v) is 1.52. The van der Waals surface area contributed by atoms with Gasteiger partial charge >= 0.3 is 5.97 Å². The Labute approximate surface area is 112 Å². The van der Waals surface area contributed by atoms with Gasteiger partial charge in [0.25, 0.3) is 0 Å². The molecule has 0 unspecified atom stereocenters. The minimum absolute atomic E-state index is 0.173.